The quantitative estimate of drug-likeness (QED) is 0.819. The van der Waals surface area contributed by atoms with Gasteiger partial charge in [-0.25, -0.2) is 12.8 Å². The second-order valence-corrected chi connectivity index (χ2v) is 8.64. The van der Waals surface area contributed by atoms with Crippen molar-refractivity contribution in [3.8, 4) is 0 Å². The molecule has 2 aromatic carbocycles. The molecule has 1 N–H and O–H groups in total. The summed E-state index contributed by atoms with van der Waals surface area (Å²) in [6.45, 7) is 7.13. The van der Waals surface area contributed by atoms with Crippen LogP contribution in [0.1, 0.15) is 36.6 Å². The monoisotopic (exact) mass is 392 g/mol. The van der Waals surface area contributed by atoms with Crippen LogP contribution < -0.4 is 9.62 Å². The summed E-state index contributed by atoms with van der Waals surface area (Å²) < 4.78 is 38.9. The average Bonchev–Trinajstić information content (AvgIpc) is 2.57. The Morgan fingerprint density at radius 1 is 1.04 bits per heavy atom. The molecule has 0 aromatic heterocycles. The van der Waals surface area contributed by atoms with Crippen molar-refractivity contribution in [2.75, 3.05) is 10.6 Å². The zero-order chi connectivity index (χ0) is 20.4. The van der Waals surface area contributed by atoms with E-state index >= 15 is 0 Å². The highest BCUT2D eigenvalue weighted by Gasteiger charge is 2.30. The Morgan fingerprint density at radius 2 is 1.63 bits per heavy atom. The molecular weight excluding hydrogens is 367 g/mol. The largest absolute Gasteiger partial charge is 0.348 e. The van der Waals surface area contributed by atoms with Gasteiger partial charge in [0.15, 0.2) is 0 Å². The summed E-state index contributed by atoms with van der Waals surface area (Å²) in [6, 6.07) is 9.75. The van der Waals surface area contributed by atoms with Crippen molar-refractivity contribution < 1.29 is 17.6 Å². The number of benzene rings is 2. The molecule has 2 rings (SSSR count). The van der Waals surface area contributed by atoms with Gasteiger partial charge in [0.05, 0.1) is 18.0 Å². The third kappa shape index (κ3) is 5.07. The van der Waals surface area contributed by atoms with E-state index in [9.17, 15) is 17.6 Å². The van der Waals surface area contributed by atoms with E-state index in [1.807, 2.05) is 19.9 Å². The van der Waals surface area contributed by atoms with Gasteiger partial charge in [0.1, 0.15) is 11.9 Å². The van der Waals surface area contributed by atoms with Gasteiger partial charge in [0.25, 0.3) is 0 Å². The maximum absolute atomic E-state index is 13.1. The van der Waals surface area contributed by atoms with E-state index in [1.54, 1.807) is 38.1 Å². The maximum Gasteiger partial charge on any atom is 0.244 e. The Labute approximate surface area is 160 Å². The van der Waals surface area contributed by atoms with Gasteiger partial charge in [-0.3, -0.25) is 9.10 Å². The number of halogens is 1. The highest BCUT2D eigenvalue weighted by molar-refractivity contribution is 7.92. The van der Waals surface area contributed by atoms with Crippen molar-refractivity contribution in [2.24, 2.45) is 0 Å². The number of carbonyl (C=O) groups excluding carboxylic acids is 1. The third-order valence-corrected chi connectivity index (χ3v) is 5.80. The molecule has 0 spiro atoms. The lowest BCUT2D eigenvalue weighted by Gasteiger charge is -2.29. The molecule has 1 amide bonds. The van der Waals surface area contributed by atoms with Crippen LogP contribution in [0.25, 0.3) is 0 Å². The SMILES string of the molecule is Cc1ccc(N([C@@H](C)C(=O)N[C@H](C)c2ccc(F)cc2)S(C)(=O)=O)cc1C. The van der Waals surface area contributed by atoms with E-state index in [4.69, 9.17) is 0 Å². The Bertz CT molecular complexity index is 927. The van der Waals surface area contributed by atoms with Crippen LogP contribution in [0, 0.1) is 19.7 Å². The number of aryl methyl sites for hydroxylation is 2. The standard InChI is InChI=1S/C20H25FN2O3S/c1-13-6-11-19(12-14(13)2)23(27(5,25)26)16(4)20(24)22-15(3)17-7-9-18(21)10-8-17/h6-12,15-16H,1-5H3,(H,22,24)/t15-,16+/m1/s1. The van der Waals surface area contributed by atoms with Crippen LogP contribution in [0.4, 0.5) is 10.1 Å². The first-order valence-electron chi connectivity index (χ1n) is 8.63. The smallest absolute Gasteiger partial charge is 0.244 e. The number of carbonyl (C=O) groups is 1. The Morgan fingerprint density at radius 3 is 2.15 bits per heavy atom. The van der Waals surface area contributed by atoms with E-state index < -0.39 is 22.0 Å². The number of sulfonamides is 1. The fraction of sp³-hybridized carbons (Fsp3) is 0.350. The zero-order valence-corrected chi connectivity index (χ0v) is 17.0. The minimum absolute atomic E-state index is 0.358. The van der Waals surface area contributed by atoms with Gasteiger partial charge in [-0.2, -0.15) is 0 Å². The maximum atomic E-state index is 13.1. The second-order valence-electron chi connectivity index (χ2n) is 6.79. The topological polar surface area (TPSA) is 66.5 Å². The van der Waals surface area contributed by atoms with Crippen molar-refractivity contribution in [3.63, 3.8) is 0 Å². The molecule has 0 radical (unpaired) electrons. The molecule has 0 aliphatic rings. The van der Waals surface area contributed by atoms with Crippen molar-refractivity contribution in [1.29, 1.82) is 0 Å². The number of hydrogen-bond donors (Lipinski definition) is 1. The van der Waals surface area contributed by atoms with Crippen molar-refractivity contribution in [1.82, 2.24) is 5.32 Å². The molecule has 2 atom stereocenters. The Hall–Kier alpha value is -2.41. The fourth-order valence-corrected chi connectivity index (χ4v) is 4.01. The molecule has 27 heavy (non-hydrogen) atoms. The molecule has 0 aliphatic heterocycles. The summed E-state index contributed by atoms with van der Waals surface area (Å²) in [6.07, 6.45) is 1.08. The summed E-state index contributed by atoms with van der Waals surface area (Å²) in [4.78, 5) is 12.7. The zero-order valence-electron chi connectivity index (χ0n) is 16.2. The first-order chi connectivity index (χ1) is 12.5. The highest BCUT2D eigenvalue weighted by Crippen LogP contribution is 2.24. The summed E-state index contributed by atoms with van der Waals surface area (Å²) >= 11 is 0. The lowest BCUT2D eigenvalue weighted by molar-refractivity contribution is -0.122. The van der Waals surface area contributed by atoms with Crippen LogP contribution in [0.2, 0.25) is 0 Å². The predicted molar refractivity (Wildman–Crippen MR) is 106 cm³/mol. The summed E-state index contributed by atoms with van der Waals surface area (Å²) in [5.41, 5.74) is 3.15. The molecule has 0 aliphatic carbocycles. The van der Waals surface area contributed by atoms with Gasteiger partial charge >= 0.3 is 0 Å². The molecule has 0 bridgehead atoms. The van der Waals surface area contributed by atoms with E-state index in [1.165, 1.54) is 12.1 Å². The lowest BCUT2D eigenvalue weighted by atomic mass is 10.1. The van der Waals surface area contributed by atoms with Crippen LogP contribution in [-0.4, -0.2) is 26.6 Å². The molecular formula is C20H25FN2O3S. The molecule has 5 nitrogen and oxygen atoms in total. The molecule has 0 saturated carbocycles. The van der Waals surface area contributed by atoms with Gasteiger partial charge in [0.2, 0.25) is 15.9 Å². The second kappa shape index (κ2) is 8.08. The first kappa shape index (κ1) is 20.9. The molecule has 0 heterocycles. The fourth-order valence-electron chi connectivity index (χ4n) is 2.84. The van der Waals surface area contributed by atoms with Crippen LogP contribution in [0.15, 0.2) is 42.5 Å². The van der Waals surface area contributed by atoms with Crippen LogP contribution in [-0.2, 0) is 14.8 Å². The molecule has 0 unspecified atom stereocenters. The van der Waals surface area contributed by atoms with Crippen LogP contribution in [0.3, 0.4) is 0 Å². The summed E-state index contributed by atoms with van der Waals surface area (Å²) in [5.74, 6) is -0.792. The normalized spacial score (nSPS) is 13.7. The van der Waals surface area contributed by atoms with Crippen molar-refractivity contribution in [3.05, 3.63) is 65.0 Å². The molecule has 0 saturated heterocycles. The van der Waals surface area contributed by atoms with E-state index in [0.29, 0.717) is 5.69 Å². The van der Waals surface area contributed by atoms with Gasteiger partial charge in [0, 0.05) is 0 Å². The van der Waals surface area contributed by atoms with Crippen LogP contribution in [0.5, 0.6) is 0 Å². The van der Waals surface area contributed by atoms with E-state index in [-0.39, 0.29) is 11.9 Å². The number of anilines is 1. The minimum Gasteiger partial charge on any atom is -0.348 e. The Kier molecular flexibility index (Phi) is 6.26. The summed E-state index contributed by atoms with van der Waals surface area (Å²) in [7, 11) is -3.67. The minimum atomic E-state index is -3.67. The first-order valence-corrected chi connectivity index (χ1v) is 10.5. The third-order valence-electron chi connectivity index (χ3n) is 4.56. The van der Waals surface area contributed by atoms with E-state index in [2.05, 4.69) is 5.32 Å². The number of hydrogen-bond acceptors (Lipinski definition) is 3. The van der Waals surface area contributed by atoms with Crippen LogP contribution >= 0.6 is 0 Å². The molecule has 2 aromatic rings. The predicted octanol–water partition coefficient (Wildman–Crippen LogP) is 3.47. The Balaban J connectivity index is 2.26. The van der Waals surface area contributed by atoms with E-state index in [0.717, 1.165) is 27.3 Å². The van der Waals surface area contributed by atoms with Crippen molar-refractivity contribution >= 4 is 21.6 Å². The van der Waals surface area contributed by atoms with Gasteiger partial charge in [-0.15, -0.1) is 0 Å². The number of nitrogens with zero attached hydrogens (tertiary/aromatic N) is 1. The highest BCUT2D eigenvalue weighted by atomic mass is 32.2. The number of rotatable bonds is 6. The van der Waals surface area contributed by atoms with Gasteiger partial charge in [-0.05, 0) is 68.7 Å². The average molecular weight is 392 g/mol. The molecule has 7 heteroatoms. The van der Waals surface area contributed by atoms with Gasteiger partial charge < -0.3 is 5.32 Å². The molecule has 146 valence electrons. The van der Waals surface area contributed by atoms with Gasteiger partial charge in [-0.1, -0.05) is 18.2 Å². The van der Waals surface area contributed by atoms with Crippen molar-refractivity contribution in [2.45, 2.75) is 39.8 Å². The summed E-state index contributed by atoms with van der Waals surface area (Å²) in [5, 5.41) is 2.80. The lowest BCUT2D eigenvalue weighted by Crippen LogP contribution is -2.48. The number of amides is 1. The molecule has 0 fully saturated rings. The number of nitrogens with one attached hydrogen (secondary N) is 1.